The molecule has 4 heterocycles. The van der Waals surface area contributed by atoms with Crippen molar-refractivity contribution in [3.63, 3.8) is 0 Å². The molecule has 5 rings (SSSR count). The van der Waals surface area contributed by atoms with Crippen LogP contribution in [0.3, 0.4) is 0 Å². The third-order valence-corrected chi connectivity index (χ3v) is 7.64. The zero-order valence-corrected chi connectivity index (χ0v) is 20.1. The summed E-state index contributed by atoms with van der Waals surface area (Å²) in [5.41, 5.74) is 5.25. The standard InChI is InChI=1S/C24H25Cl2N5O2/c1-14-21(17-3-6-27-22(26)20(17)25)30-19(13-32)23(29-14)31-7-4-24(5-8-31)10-15-9-16(33-2)12-28-18(15)11-24/h3,6,9,12,32H,4-5,7-8,10-11,13H2,1-2H3. The van der Waals surface area contributed by atoms with Gasteiger partial charge >= 0.3 is 0 Å². The molecule has 1 N–H and O–H groups in total. The number of hydrogen-bond donors (Lipinski definition) is 1. The minimum Gasteiger partial charge on any atom is -0.495 e. The molecular formula is C24H25Cl2N5O2. The second kappa shape index (κ2) is 8.70. The lowest BCUT2D eigenvalue weighted by molar-refractivity contribution is 0.230. The quantitative estimate of drug-likeness (QED) is 0.546. The van der Waals surface area contributed by atoms with Crippen molar-refractivity contribution in [3.05, 3.63) is 57.3 Å². The minimum absolute atomic E-state index is 0.206. The molecular weight excluding hydrogens is 461 g/mol. The number of hydrogen-bond acceptors (Lipinski definition) is 7. The third-order valence-electron chi connectivity index (χ3n) is 6.87. The molecule has 2 aliphatic rings. The van der Waals surface area contributed by atoms with Crippen molar-refractivity contribution in [2.24, 2.45) is 5.41 Å². The molecule has 0 aromatic carbocycles. The predicted molar refractivity (Wildman–Crippen MR) is 128 cm³/mol. The fourth-order valence-corrected chi connectivity index (χ4v) is 5.43. The molecule has 0 saturated carbocycles. The average molecular weight is 486 g/mol. The number of aryl methyl sites for hydroxylation is 1. The number of rotatable bonds is 4. The van der Waals surface area contributed by atoms with E-state index in [4.69, 9.17) is 37.9 Å². The average Bonchev–Trinajstić information content (AvgIpc) is 3.18. The maximum absolute atomic E-state index is 10.1. The van der Waals surface area contributed by atoms with Gasteiger partial charge in [-0.3, -0.25) is 4.98 Å². The van der Waals surface area contributed by atoms with Gasteiger partial charge in [0.15, 0.2) is 5.82 Å². The maximum Gasteiger partial charge on any atom is 0.153 e. The fraction of sp³-hybridized carbons (Fsp3) is 0.417. The van der Waals surface area contributed by atoms with Gasteiger partial charge in [0.1, 0.15) is 16.6 Å². The van der Waals surface area contributed by atoms with E-state index in [1.165, 1.54) is 11.3 Å². The number of aliphatic hydroxyl groups excluding tert-OH is 1. The van der Waals surface area contributed by atoms with Crippen LogP contribution < -0.4 is 9.64 Å². The number of aromatic nitrogens is 4. The number of methoxy groups -OCH3 is 1. The highest BCUT2D eigenvalue weighted by atomic mass is 35.5. The van der Waals surface area contributed by atoms with Crippen LogP contribution in [-0.2, 0) is 19.4 Å². The second-order valence-electron chi connectivity index (χ2n) is 8.87. The van der Waals surface area contributed by atoms with E-state index in [0.717, 1.165) is 56.0 Å². The molecule has 1 aliphatic carbocycles. The van der Waals surface area contributed by atoms with Gasteiger partial charge in [0.25, 0.3) is 0 Å². The van der Waals surface area contributed by atoms with Gasteiger partial charge < -0.3 is 14.7 Å². The molecule has 172 valence electrons. The van der Waals surface area contributed by atoms with Crippen LogP contribution in [-0.4, -0.2) is 45.2 Å². The largest absolute Gasteiger partial charge is 0.495 e. The number of anilines is 1. The summed E-state index contributed by atoms with van der Waals surface area (Å²) in [6.45, 7) is 3.40. The molecule has 0 atom stereocenters. The van der Waals surface area contributed by atoms with Crippen molar-refractivity contribution in [1.82, 2.24) is 19.9 Å². The lowest BCUT2D eigenvalue weighted by atomic mass is 9.76. The SMILES string of the molecule is COc1cnc2c(c1)CC1(CCN(c3nc(C)c(-c4ccnc(Cl)c4Cl)nc3CO)CC1)C2. The summed E-state index contributed by atoms with van der Waals surface area (Å²) in [5, 5.41) is 10.6. The van der Waals surface area contributed by atoms with E-state index in [-0.39, 0.29) is 17.2 Å². The van der Waals surface area contributed by atoms with Crippen LogP contribution >= 0.6 is 23.2 Å². The van der Waals surface area contributed by atoms with Gasteiger partial charge in [0.2, 0.25) is 0 Å². The molecule has 7 nitrogen and oxygen atoms in total. The number of nitrogens with zero attached hydrogens (tertiary/aromatic N) is 5. The number of piperidine rings is 1. The van der Waals surface area contributed by atoms with Crippen LogP contribution in [0.5, 0.6) is 5.75 Å². The summed E-state index contributed by atoms with van der Waals surface area (Å²) in [6.07, 6.45) is 7.49. The van der Waals surface area contributed by atoms with E-state index in [9.17, 15) is 5.11 Å². The molecule has 0 bridgehead atoms. The smallest absolute Gasteiger partial charge is 0.153 e. The molecule has 33 heavy (non-hydrogen) atoms. The molecule has 1 saturated heterocycles. The van der Waals surface area contributed by atoms with Crippen LogP contribution in [0.2, 0.25) is 10.2 Å². The summed E-state index contributed by atoms with van der Waals surface area (Å²) in [6, 6.07) is 3.88. The van der Waals surface area contributed by atoms with Crippen LogP contribution in [0, 0.1) is 12.3 Å². The van der Waals surface area contributed by atoms with Gasteiger partial charge in [-0.1, -0.05) is 23.2 Å². The van der Waals surface area contributed by atoms with E-state index in [2.05, 4.69) is 20.9 Å². The third kappa shape index (κ3) is 4.03. The topological polar surface area (TPSA) is 84.3 Å². The Morgan fingerprint density at radius 2 is 1.94 bits per heavy atom. The second-order valence-corrected chi connectivity index (χ2v) is 9.61. The van der Waals surface area contributed by atoms with Gasteiger partial charge in [0.05, 0.1) is 36.3 Å². The Morgan fingerprint density at radius 3 is 2.67 bits per heavy atom. The van der Waals surface area contributed by atoms with E-state index >= 15 is 0 Å². The Hall–Kier alpha value is -2.48. The highest BCUT2D eigenvalue weighted by Crippen LogP contribution is 2.45. The lowest BCUT2D eigenvalue weighted by Crippen LogP contribution is -2.41. The monoisotopic (exact) mass is 485 g/mol. The van der Waals surface area contributed by atoms with Crippen LogP contribution in [0.4, 0.5) is 5.82 Å². The Kier molecular flexibility index (Phi) is 5.89. The Morgan fingerprint density at radius 1 is 1.15 bits per heavy atom. The Labute approximate surface area is 202 Å². The van der Waals surface area contributed by atoms with E-state index in [1.54, 1.807) is 19.4 Å². The molecule has 0 unspecified atom stereocenters. The summed E-state index contributed by atoms with van der Waals surface area (Å²) in [7, 11) is 1.68. The van der Waals surface area contributed by atoms with E-state index in [1.807, 2.05) is 13.1 Å². The molecule has 1 spiro atoms. The minimum atomic E-state index is -0.206. The molecule has 1 aliphatic heterocycles. The number of ether oxygens (including phenoxy) is 1. The van der Waals surface area contributed by atoms with Gasteiger partial charge in [-0.05, 0) is 55.7 Å². The molecule has 0 amide bonds. The van der Waals surface area contributed by atoms with Crippen molar-refractivity contribution in [3.8, 4) is 17.0 Å². The van der Waals surface area contributed by atoms with Crippen molar-refractivity contribution < 1.29 is 9.84 Å². The normalized spacial score (nSPS) is 16.8. The Balaban J connectivity index is 1.38. The first-order valence-electron chi connectivity index (χ1n) is 11.0. The van der Waals surface area contributed by atoms with Crippen LogP contribution in [0.25, 0.3) is 11.3 Å². The van der Waals surface area contributed by atoms with Gasteiger partial charge in [-0.25, -0.2) is 15.0 Å². The maximum atomic E-state index is 10.1. The highest BCUT2D eigenvalue weighted by Gasteiger charge is 2.41. The van der Waals surface area contributed by atoms with Crippen molar-refractivity contribution in [1.29, 1.82) is 0 Å². The molecule has 3 aromatic rings. The van der Waals surface area contributed by atoms with Crippen molar-refractivity contribution >= 4 is 29.0 Å². The van der Waals surface area contributed by atoms with E-state index < -0.39 is 0 Å². The molecule has 9 heteroatoms. The van der Waals surface area contributed by atoms with Crippen LogP contribution in [0.1, 0.15) is 35.5 Å². The summed E-state index contributed by atoms with van der Waals surface area (Å²) in [5.74, 6) is 1.55. The predicted octanol–water partition coefficient (Wildman–Crippen LogP) is 4.44. The van der Waals surface area contributed by atoms with Crippen LogP contribution in [0.15, 0.2) is 24.5 Å². The first-order valence-corrected chi connectivity index (χ1v) is 11.7. The zero-order valence-electron chi connectivity index (χ0n) is 18.6. The van der Waals surface area contributed by atoms with Gasteiger partial charge in [-0.15, -0.1) is 0 Å². The van der Waals surface area contributed by atoms with Gasteiger partial charge in [-0.2, -0.15) is 0 Å². The number of halogens is 2. The zero-order chi connectivity index (χ0) is 23.2. The summed E-state index contributed by atoms with van der Waals surface area (Å²) in [4.78, 5) is 20.4. The summed E-state index contributed by atoms with van der Waals surface area (Å²) < 4.78 is 5.35. The number of aliphatic hydroxyl groups is 1. The first-order chi connectivity index (χ1) is 15.9. The van der Waals surface area contributed by atoms with E-state index in [0.29, 0.717) is 22.0 Å². The van der Waals surface area contributed by atoms with Gasteiger partial charge in [0, 0.05) is 30.5 Å². The first kappa shape index (κ1) is 22.3. The molecule has 1 fully saturated rings. The lowest BCUT2D eigenvalue weighted by Gasteiger charge is -2.40. The van der Waals surface area contributed by atoms with Crippen molar-refractivity contribution in [2.45, 2.75) is 39.2 Å². The number of pyridine rings is 2. The molecule has 0 radical (unpaired) electrons. The fourth-order valence-electron chi connectivity index (χ4n) is 5.07. The Bertz CT molecular complexity index is 1210. The molecule has 3 aromatic heterocycles. The summed E-state index contributed by atoms with van der Waals surface area (Å²) >= 11 is 12.5. The van der Waals surface area contributed by atoms with Crippen molar-refractivity contribution in [2.75, 3.05) is 25.1 Å². The highest BCUT2D eigenvalue weighted by molar-refractivity contribution is 6.42. The number of fused-ring (bicyclic) bond motifs is 1.